The highest BCUT2D eigenvalue weighted by Gasteiger charge is 2.25. The van der Waals surface area contributed by atoms with Crippen molar-refractivity contribution in [2.75, 3.05) is 11.4 Å². The van der Waals surface area contributed by atoms with E-state index in [9.17, 15) is 14.9 Å². The average Bonchev–Trinajstić information content (AvgIpc) is 2.48. The summed E-state index contributed by atoms with van der Waals surface area (Å²) in [5.74, 6) is -0.104. The predicted molar refractivity (Wildman–Crippen MR) is 74.9 cm³/mol. The number of carbonyl (C=O) groups is 1. The van der Waals surface area contributed by atoms with Crippen LogP contribution in [0.5, 0.6) is 0 Å². The van der Waals surface area contributed by atoms with Crippen LogP contribution in [-0.4, -0.2) is 17.4 Å². The molecular formula is C15H12N2O3. The van der Waals surface area contributed by atoms with Crippen molar-refractivity contribution in [3.63, 3.8) is 0 Å². The fraction of sp³-hybridized carbons (Fsp3) is 0.133. The van der Waals surface area contributed by atoms with Gasteiger partial charge in [0, 0.05) is 24.2 Å². The van der Waals surface area contributed by atoms with Gasteiger partial charge in [-0.25, -0.2) is 0 Å². The van der Waals surface area contributed by atoms with Gasteiger partial charge in [-0.2, -0.15) is 0 Å². The van der Waals surface area contributed by atoms with Crippen molar-refractivity contribution in [3.8, 4) is 0 Å². The molecule has 0 unspecified atom stereocenters. The first-order chi connectivity index (χ1) is 9.66. The lowest BCUT2D eigenvalue weighted by Crippen LogP contribution is -2.37. The number of fused-ring (bicyclic) bond motifs is 1. The Balaban J connectivity index is 1.99. The molecule has 1 amide bonds. The summed E-state index contributed by atoms with van der Waals surface area (Å²) in [5.41, 5.74) is 2.26. The lowest BCUT2D eigenvalue weighted by Gasteiger charge is -2.28. The number of hydrogen-bond acceptors (Lipinski definition) is 3. The molecule has 5 nitrogen and oxygen atoms in total. The second kappa shape index (κ2) is 4.77. The van der Waals surface area contributed by atoms with Crippen LogP contribution in [0.25, 0.3) is 0 Å². The van der Waals surface area contributed by atoms with Crippen molar-refractivity contribution in [1.82, 2.24) is 0 Å². The molecule has 3 rings (SSSR count). The highest BCUT2D eigenvalue weighted by Crippen LogP contribution is 2.26. The molecule has 0 saturated heterocycles. The lowest BCUT2D eigenvalue weighted by atomic mass is 9.98. The van der Waals surface area contributed by atoms with E-state index >= 15 is 0 Å². The Kier molecular flexibility index (Phi) is 2.95. The molecule has 0 atom stereocenters. The quantitative estimate of drug-likeness (QED) is 0.621. The fourth-order valence-electron chi connectivity index (χ4n) is 2.45. The van der Waals surface area contributed by atoms with Crippen LogP contribution in [0, 0.1) is 10.1 Å². The Labute approximate surface area is 115 Å². The highest BCUT2D eigenvalue weighted by atomic mass is 16.6. The Bertz CT molecular complexity index is 697. The summed E-state index contributed by atoms with van der Waals surface area (Å²) in [6, 6.07) is 13.7. The van der Waals surface area contributed by atoms with Gasteiger partial charge in [0.05, 0.1) is 10.6 Å². The van der Waals surface area contributed by atoms with E-state index in [1.807, 2.05) is 18.2 Å². The van der Waals surface area contributed by atoms with Gasteiger partial charge < -0.3 is 4.90 Å². The van der Waals surface area contributed by atoms with E-state index in [-0.39, 0.29) is 11.6 Å². The van der Waals surface area contributed by atoms with Crippen LogP contribution >= 0.6 is 0 Å². The minimum absolute atomic E-state index is 0.00541. The van der Waals surface area contributed by atoms with E-state index in [0.29, 0.717) is 17.8 Å². The molecule has 2 aromatic rings. The van der Waals surface area contributed by atoms with Gasteiger partial charge in [-0.05, 0) is 24.1 Å². The van der Waals surface area contributed by atoms with Gasteiger partial charge in [-0.3, -0.25) is 14.9 Å². The molecule has 20 heavy (non-hydrogen) atoms. The molecule has 2 aromatic carbocycles. The molecule has 0 saturated carbocycles. The zero-order valence-corrected chi connectivity index (χ0v) is 10.7. The lowest BCUT2D eigenvalue weighted by molar-refractivity contribution is -0.384. The summed E-state index contributed by atoms with van der Waals surface area (Å²) in [4.78, 5) is 24.4. The van der Waals surface area contributed by atoms with Gasteiger partial charge >= 0.3 is 0 Å². The van der Waals surface area contributed by atoms with Crippen molar-refractivity contribution >= 4 is 17.3 Å². The van der Waals surface area contributed by atoms with Gasteiger partial charge in [-0.15, -0.1) is 0 Å². The number of benzene rings is 2. The van der Waals surface area contributed by atoms with Crippen molar-refractivity contribution in [3.05, 3.63) is 69.8 Å². The maximum Gasteiger partial charge on any atom is 0.271 e. The number of nitro groups is 1. The van der Waals surface area contributed by atoms with E-state index in [1.165, 1.54) is 12.1 Å². The van der Waals surface area contributed by atoms with E-state index < -0.39 is 4.92 Å². The minimum atomic E-state index is -0.453. The van der Waals surface area contributed by atoms with E-state index in [4.69, 9.17) is 0 Å². The average molecular weight is 268 g/mol. The van der Waals surface area contributed by atoms with Crippen LogP contribution in [0.3, 0.4) is 0 Å². The Morgan fingerprint density at radius 1 is 1.10 bits per heavy atom. The summed E-state index contributed by atoms with van der Waals surface area (Å²) < 4.78 is 0. The van der Waals surface area contributed by atoms with Crippen LogP contribution in [0.4, 0.5) is 11.4 Å². The monoisotopic (exact) mass is 268 g/mol. The SMILES string of the molecule is O=C1c2ccccc2CCN1c1cccc([N+](=O)[O-])c1. The smallest absolute Gasteiger partial charge is 0.271 e. The second-order valence-corrected chi connectivity index (χ2v) is 4.64. The molecule has 100 valence electrons. The first kappa shape index (κ1) is 12.3. The second-order valence-electron chi connectivity index (χ2n) is 4.64. The summed E-state index contributed by atoms with van der Waals surface area (Å²) in [7, 11) is 0. The summed E-state index contributed by atoms with van der Waals surface area (Å²) in [5, 5.41) is 10.8. The van der Waals surface area contributed by atoms with Crippen molar-refractivity contribution < 1.29 is 9.72 Å². The molecule has 0 spiro atoms. The van der Waals surface area contributed by atoms with Crippen LogP contribution in [0.1, 0.15) is 15.9 Å². The molecule has 0 radical (unpaired) electrons. The maximum atomic E-state index is 12.5. The molecular weight excluding hydrogens is 256 g/mol. The topological polar surface area (TPSA) is 63.5 Å². The predicted octanol–water partition coefficient (Wildman–Crippen LogP) is 2.80. The van der Waals surface area contributed by atoms with E-state index in [1.54, 1.807) is 23.1 Å². The molecule has 1 heterocycles. The molecule has 0 bridgehead atoms. The first-order valence-corrected chi connectivity index (χ1v) is 6.31. The van der Waals surface area contributed by atoms with Gasteiger partial charge in [0.1, 0.15) is 0 Å². The molecule has 0 fully saturated rings. The van der Waals surface area contributed by atoms with Crippen LogP contribution in [-0.2, 0) is 6.42 Å². The molecule has 5 heteroatoms. The van der Waals surface area contributed by atoms with Crippen LogP contribution < -0.4 is 4.90 Å². The van der Waals surface area contributed by atoms with Gasteiger partial charge in [-0.1, -0.05) is 24.3 Å². The normalized spacial score (nSPS) is 14.0. The number of anilines is 1. The molecule has 0 aromatic heterocycles. The zero-order chi connectivity index (χ0) is 14.1. The van der Waals surface area contributed by atoms with Crippen molar-refractivity contribution in [1.29, 1.82) is 0 Å². The number of nitrogens with zero attached hydrogens (tertiary/aromatic N) is 2. The molecule has 0 N–H and O–H groups in total. The number of non-ortho nitro benzene ring substituents is 1. The van der Waals surface area contributed by atoms with Gasteiger partial charge in [0.2, 0.25) is 0 Å². The fourth-order valence-corrected chi connectivity index (χ4v) is 2.45. The van der Waals surface area contributed by atoms with Gasteiger partial charge in [0.25, 0.3) is 11.6 Å². The highest BCUT2D eigenvalue weighted by molar-refractivity contribution is 6.08. The third-order valence-electron chi connectivity index (χ3n) is 3.45. The number of nitro benzene ring substituents is 1. The van der Waals surface area contributed by atoms with Gasteiger partial charge in [0.15, 0.2) is 0 Å². The molecule has 1 aliphatic rings. The molecule has 0 aliphatic carbocycles. The third kappa shape index (κ3) is 2.03. The zero-order valence-electron chi connectivity index (χ0n) is 10.7. The number of hydrogen-bond donors (Lipinski definition) is 0. The van der Waals surface area contributed by atoms with E-state index in [2.05, 4.69) is 0 Å². The number of carbonyl (C=O) groups excluding carboxylic acids is 1. The van der Waals surface area contributed by atoms with Crippen molar-refractivity contribution in [2.24, 2.45) is 0 Å². The Morgan fingerprint density at radius 2 is 1.90 bits per heavy atom. The number of rotatable bonds is 2. The Hall–Kier alpha value is -2.69. The summed E-state index contributed by atoms with van der Waals surface area (Å²) in [6.07, 6.45) is 0.755. The third-order valence-corrected chi connectivity index (χ3v) is 3.45. The minimum Gasteiger partial charge on any atom is -0.308 e. The molecule has 1 aliphatic heterocycles. The van der Waals surface area contributed by atoms with Crippen LogP contribution in [0.2, 0.25) is 0 Å². The Morgan fingerprint density at radius 3 is 2.70 bits per heavy atom. The van der Waals surface area contributed by atoms with Crippen molar-refractivity contribution in [2.45, 2.75) is 6.42 Å². The standard InChI is InChI=1S/C15H12N2O3/c18-15-14-7-2-1-4-11(14)8-9-16(15)12-5-3-6-13(10-12)17(19)20/h1-7,10H,8-9H2. The largest absolute Gasteiger partial charge is 0.308 e. The first-order valence-electron chi connectivity index (χ1n) is 6.31. The van der Waals surface area contributed by atoms with Crippen LogP contribution in [0.15, 0.2) is 48.5 Å². The number of amides is 1. The van der Waals surface area contributed by atoms with E-state index in [0.717, 1.165) is 12.0 Å². The summed E-state index contributed by atoms with van der Waals surface area (Å²) >= 11 is 0. The summed E-state index contributed by atoms with van der Waals surface area (Å²) in [6.45, 7) is 0.539. The maximum absolute atomic E-state index is 12.5.